The first-order chi connectivity index (χ1) is 10.1. The molecule has 0 unspecified atom stereocenters. The minimum Gasteiger partial charge on any atom is -0.480 e. The molecule has 0 spiro atoms. The van der Waals surface area contributed by atoms with Gasteiger partial charge in [-0.2, -0.15) is 13.8 Å². The summed E-state index contributed by atoms with van der Waals surface area (Å²) in [7, 11) is 1.50. The summed E-state index contributed by atoms with van der Waals surface area (Å²) in [5.74, 6) is 0.779. The molecular formula is C12H11BrF2N4O2. The van der Waals surface area contributed by atoms with Gasteiger partial charge in [-0.3, -0.25) is 4.98 Å². The SMILES string of the molecule is COc1nc(NCc2ccc(OC(F)F)cn2)ncc1Br. The summed E-state index contributed by atoms with van der Waals surface area (Å²) in [6.45, 7) is -2.53. The maximum absolute atomic E-state index is 12.0. The van der Waals surface area contributed by atoms with E-state index < -0.39 is 6.61 Å². The zero-order chi connectivity index (χ0) is 15.2. The van der Waals surface area contributed by atoms with E-state index in [1.165, 1.54) is 19.4 Å². The third kappa shape index (κ3) is 4.48. The second-order valence-electron chi connectivity index (χ2n) is 3.77. The van der Waals surface area contributed by atoms with Crippen molar-refractivity contribution in [3.05, 3.63) is 34.7 Å². The Morgan fingerprint density at radius 3 is 2.71 bits per heavy atom. The number of methoxy groups -OCH3 is 1. The number of hydrogen-bond donors (Lipinski definition) is 1. The number of pyridine rings is 1. The molecule has 0 saturated heterocycles. The maximum Gasteiger partial charge on any atom is 0.387 e. The number of rotatable bonds is 6. The minimum absolute atomic E-state index is 0.00955. The highest BCUT2D eigenvalue weighted by atomic mass is 79.9. The van der Waals surface area contributed by atoms with Gasteiger partial charge in [0.15, 0.2) is 0 Å². The van der Waals surface area contributed by atoms with E-state index in [2.05, 4.69) is 40.9 Å². The Kier molecular flexibility index (Phi) is 5.20. The second kappa shape index (κ2) is 7.11. The van der Waals surface area contributed by atoms with Gasteiger partial charge in [0, 0.05) is 0 Å². The average molecular weight is 361 g/mol. The first kappa shape index (κ1) is 15.4. The Morgan fingerprint density at radius 1 is 1.29 bits per heavy atom. The first-order valence-electron chi connectivity index (χ1n) is 5.78. The largest absolute Gasteiger partial charge is 0.480 e. The molecule has 0 aromatic carbocycles. The van der Waals surface area contributed by atoms with Crippen LogP contribution in [-0.2, 0) is 6.54 Å². The van der Waals surface area contributed by atoms with Crippen molar-refractivity contribution in [2.75, 3.05) is 12.4 Å². The van der Waals surface area contributed by atoms with Crippen LogP contribution in [0.4, 0.5) is 14.7 Å². The molecule has 6 nitrogen and oxygen atoms in total. The van der Waals surface area contributed by atoms with Gasteiger partial charge in [-0.15, -0.1) is 0 Å². The Labute approximate surface area is 127 Å². The monoisotopic (exact) mass is 360 g/mol. The molecule has 1 N–H and O–H groups in total. The van der Waals surface area contributed by atoms with E-state index in [9.17, 15) is 8.78 Å². The first-order valence-corrected chi connectivity index (χ1v) is 6.58. The van der Waals surface area contributed by atoms with Gasteiger partial charge in [-0.1, -0.05) is 0 Å². The number of nitrogens with zero attached hydrogens (tertiary/aromatic N) is 3. The van der Waals surface area contributed by atoms with Crippen molar-refractivity contribution < 1.29 is 18.3 Å². The zero-order valence-electron chi connectivity index (χ0n) is 10.9. The standard InChI is InChI=1S/C12H11BrF2N4O2/c1-20-10-9(13)6-18-12(19-10)17-4-7-2-3-8(5-16-7)21-11(14)15/h2-3,5-6,11H,4H2,1H3,(H,17,18,19). The highest BCUT2D eigenvalue weighted by molar-refractivity contribution is 9.10. The van der Waals surface area contributed by atoms with E-state index in [4.69, 9.17) is 4.74 Å². The predicted octanol–water partition coefficient (Wildman–Crippen LogP) is 2.86. The number of halogens is 3. The van der Waals surface area contributed by atoms with Gasteiger partial charge in [0.1, 0.15) is 5.75 Å². The van der Waals surface area contributed by atoms with Crippen LogP contribution in [0, 0.1) is 0 Å². The maximum atomic E-state index is 12.0. The van der Waals surface area contributed by atoms with E-state index in [0.717, 1.165) is 0 Å². The summed E-state index contributed by atoms with van der Waals surface area (Å²) in [5.41, 5.74) is 0.627. The fraction of sp³-hybridized carbons (Fsp3) is 0.250. The van der Waals surface area contributed by atoms with Crippen molar-refractivity contribution in [1.29, 1.82) is 0 Å². The Hall–Kier alpha value is -2.03. The molecule has 0 fully saturated rings. The van der Waals surface area contributed by atoms with Crippen LogP contribution in [0.2, 0.25) is 0 Å². The van der Waals surface area contributed by atoms with Gasteiger partial charge in [0.2, 0.25) is 11.8 Å². The third-order valence-corrected chi connectivity index (χ3v) is 2.90. The molecule has 21 heavy (non-hydrogen) atoms. The van der Waals surface area contributed by atoms with Crippen LogP contribution in [0.3, 0.4) is 0 Å². The smallest absolute Gasteiger partial charge is 0.387 e. The van der Waals surface area contributed by atoms with Gasteiger partial charge in [0.25, 0.3) is 0 Å². The number of alkyl halides is 2. The second-order valence-corrected chi connectivity index (χ2v) is 4.62. The number of anilines is 1. The molecule has 0 radical (unpaired) electrons. The predicted molar refractivity (Wildman–Crippen MR) is 74.5 cm³/mol. The van der Waals surface area contributed by atoms with Gasteiger partial charge < -0.3 is 14.8 Å². The molecule has 0 bridgehead atoms. The van der Waals surface area contributed by atoms with E-state index in [0.29, 0.717) is 28.5 Å². The fourth-order valence-corrected chi connectivity index (χ4v) is 1.79. The Balaban J connectivity index is 1.96. The molecule has 0 saturated carbocycles. The quantitative estimate of drug-likeness (QED) is 0.854. The molecule has 0 aliphatic carbocycles. The van der Waals surface area contributed by atoms with Crippen molar-refractivity contribution in [3.63, 3.8) is 0 Å². The van der Waals surface area contributed by atoms with Crippen LogP contribution < -0.4 is 14.8 Å². The van der Waals surface area contributed by atoms with E-state index in [1.54, 1.807) is 12.3 Å². The lowest BCUT2D eigenvalue weighted by atomic mass is 10.3. The summed E-state index contributed by atoms with van der Waals surface area (Å²) in [6, 6.07) is 2.99. The number of hydrogen-bond acceptors (Lipinski definition) is 6. The Morgan fingerprint density at radius 2 is 2.10 bits per heavy atom. The van der Waals surface area contributed by atoms with Gasteiger partial charge in [-0.05, 0) is 28.1 Å². The molecule has 2 aromatic heterocycles. The van der Waals surface area contributed by atoms with Crippen LogP contribution in [0.1, 0.15) is 5.69 Å². The van der Waals surface area contributed by atoms with Crippen LogP contribution in [0.15, 0.2) is 29.0 Å². The molecule has 2 rings (SSSR count). The fourth-order valence-electron chi connectivity index (χ4n) is 1.44. The van der Waals surface area contributed by atoms with E-state index in [1.807, 2.05) is 0 Å². The zero-order valence-corrected chi connectivity index (χ0v) is 12.5. The molecule has 2 heterocycles. The summed E-state index contributed by atoms with van der Waals surface area (Å²) in [5, 5.41) is 2.95. The van der Waals surface area contributed by atoms with Crippen molar-refractivity contribution in [2.24, 2.45) is 0 Å². The molecule has 9 heteroatoms. The van der Waals surface area contributed by atoms with Gasteiger partial charge in [0.05, 0.1) is 36.2 Å². The minimum atomic E-state index is -2.86. The summed E-state index contributed by atoms with van der Waals surface area (Å²) >= 11 is 3.25. The molecule has 2 aromatic rings. The topological polar surface area (TPSA) is 69.2 Å². The molecule has 0 aliphatic heterocycles. The molecule has 0 aliphatic rings. The van der Waals surface area contributed by atoms with Gasteiger partial charge >= 0.3 is 6.61 Å². The normalized spacial score (nSPS) is 10.5. The number of ether oxygens (including phenoxy) is 2. The summed E-state index contributed by atoms with van der Waals surface area (Å²) in [6.07, 6.45) is 2.79. The average Bonchev–Trinajstić information content (AvgIpc) is 2.47. The van der Waals surface area contributed by atoms with Crippen LogP contribution >= 0.6 is 15.9 Å². The number of nitrogens with one attached hydrogen (secondary N) is 1. The number of aromatic nitrogens is 3. The van der Waals surface area contributed by atoms with E-state index >= 15 is 0 Å². The molecule has 0 amide bonds. The summed E-state index contributed by atoms with van der Waals surface area (Å²) in [4.78, 5) is 12.2. The third-order valence-electron chi connectivity index (χ3n) is 2.36. The van der Waals surface area contributed by atoms with E-state index in [-0.39, 0.29) is 5.75 Å². The van der Waals surface area contributed by atoms with Crippen molar-refractivity contribution in [2.45, 2.75) is 13.2 Å². The lowest BCUT2D eigenvalue weighted by Crippen LogP contribution is -2.07. The molecule has 0 atom stereocenters. The van der Waals surface area contributed by atoms with Crippen LogP contribution in [0.5, 0.6) is 11.6 Å². The molecular weight excluding hydrogens is 350 g/mol. The summed E-state index contributed by atoms with van der Waals surface area (Å²) < 4.78 is 33.9. The van der Waals surface area contributed by atoms with Crippen molar-refractivity contribution in [1.82, 2.24) is 15.0 Å². The highest BCUT2D eigenvalue weighted by Crippen LogP contribution is 2.22. The molecule has 112 valence electrons. The lowest BCUT2D eigenvalue weighted by Gasteiger charge is -2.08. The van der Waals surface area contributed by atoms with Crippen molar-refractivity contribution in [3.8, 4) is 11.6 Å². The van der Waals surface area contributed by atoms with Crippen LogP contribution in [0.25, 0.3) is 0 Å². The van der Waals surface area contributed by atoms with Crippen molar-refractivity contribution >= 4 is 21.9 Å². The lowest BCUT2D eigenvalue weighted by molar-refractivity contribution is -0.0500. The van der Waals surface area contributed by atoms with Gasteiger partial charge in [-0.25, -0.2) is 4.98 Å². The van der Waals surface area contributed by atoms with Crippen LogP contribution in [-0.4, -0.2) is 28.7 Å². The Bertz CT molecular complexity index is 598. The highest BCUT2D eigenvalue weighted by Gasteiger charge is 2.06.